The van der Waals surface area contributed by atoms with Crippen LogP contribution in [0.15, 0.2) is 24.3 Å². The molecule has 0 spiro atoms. The van der Waals surface area contributed by atoms with Crippen molar-refractivity contribution < 1.29 is 9.53 Å². The Morgan fingerprint density at radius 1 is 1.33 bits per heavy atom. The van der Waals surface area contributed by atoms with Crippen LogP contribution in [0.5, 0.6) is 0 Å². The van der Waals surface area contributed by atoms with Gasteiger partial charge < -0.3 is 9.64 Å². The molecule has 0 N–H and O–H groups in total. The molecule has 1 aromatic heterocycles. The summed E-state index contributed by atoms with van der Waals surface area (Å²) < 4.78 is 7.72. The van der Waals surface area contributed by atoms with Gasteiger partial charge in [-0.05, 0) is 38.5 Å². The standard InChI is InChI=1S/C18H22ClN3O2/c1-4-22-13(3)17(12(2)20-22)18(23)21-9-10-24-16(11-21)14-5-7-15(19)8-6-14/h5-8,16H,4,9-11H2,1-3H3. The summed E-state index contributed by atoms with van der Waals surface area (Å²) in [6, 6.07) is 7.60. The number of rotatable bonds is 3. The minimum atomic E-state index is -0.123. The third-order valence-electron chi connectivity index (χ3n) is 4.49. The lowest BCUT2D eigenvalue weighted by Crippen LogP contribution is -2.42. The second-order valence-electron chi connectivity index (χ2n) is 6.02. The average Bonchev–Trinajstić information content (AvgIpc) is 2.89. The van der Waals surface area contributed by atoms with Crippen LogP contribution in [-0.2, 0) is 11.3 Å². The van der Waals surface area contributed by atoms with Gasteiger partial charge in [-0.1, -0.05) is 23.7 Å². The molecule has 1 aliphatic rings. The molecule has 0 radical (unpaired) electrons. The van der Waals surface area contributed by atoms with E-state index in [1.54, 1.807) is 0 Å². The number of amides is 1. The third kappa shape index (κ3) is 3.19. The van der Waals surface area contributed by atoms with Crippen LogP contribution in [-0.4, -0.2) is 40.3 Å². The largest absolute Gasteiger partial charge is 0.370 e. The van der Waals surface area contributed by atoms with Gasteiger partial charge in [-0.15, -0.1) is 0 Å². The number of hydrogen-bond donors (Lipinski definition) is 0. The molecule has 3 rings (SSSR count). The molecule has 6 heteroatoms. The first-order valence-corrected chi connectivity index (χ1v) is 8.59. The summed E-state index contributed by atoms with van der Waals surface area (Å²) in [5.74, 6) is 0.0342. The summed E-state index contributed by atoms with van der Waals surface area (Å²) in [5.41, 5.74) is 3.46. The molecule has 1 aliphatic heterocycles. The van der Waals surface area contributed by atoms with Gasteiger partial charge in [0, 0.05) is 23.8 Å². The highest BCUT2D eigenvalue weighted by Gasteiger charge is 2.29. The van der Waals surface area contributed by atoms with Crippen molar-refractivity contribution in [3.05, 3.63) is 51.8 Å². The van der Waals surface area contributed by atoms with Crippen LogP contribution in [0.1, 0.15) is 40.3 Å². The maximum Gasteiger partial charge on any atom is 0.257 e. The van der Waals surface area contributed by atoms with Crippen LogP contribution in [0.2, 0.25) is 5.02 Å². The number of nitrogens with zero attached hydrogens (tertiary/aromatic N) is 3. The molecule has 0 saturated carbocycles. The van der Waals surface area contributed by atoms with Crippen molar-refractivity contribution in [1.29, 1.82) is 0 Å². The molecule has 1 fully saturated rings. The van der Waals surface area contributed by atoms with Gasteiger partial charge in [0.25, 0.3) is 5.91 Å². The summed E-state index contributed by atoms with van der Waals surface area (Å²) >= 11 is 5.95. The van der Waals surface area contributed by atoms with Crippen LogP contribution < -0.4 is 0 Å². The first-order valence-electron chi connectivity index (χ1n) is 8.21. The lowest BCUT2D eigenvalue weighted by Gasteiger charge is -2.33. The second kappa shape index (κ2) is 6.95. The van der Waals surface area contributed by atoms with E-state index in [0.29, 0.717) is 30.3 Å². The van der Waals surface area contributed by atoms with Gasteiger partial charge in [0.05, 0.1) is 24.4 Å². The van der Waals surface area contributed by atoms with Crippen molar-refractivity contribution in [2.45, 2.75) is 33.4 Å². The molecule has 1 aromatic carbocycles. The highest BCUT2D eigenvalue weighted by atomic mass is 35.5. The fourth-order valence-electron chi connectivity index (χ4n) is 3.19. The lowest BCUT2D eigenvalue weighted by molar-refractivity contribution is -0.0228. The van der Waals surface area contributed by atoms with E-state index in [-0.39, 0.29) is 12.0 Å². The molecule has 128 valence electrons. The molecule has 5 nitrogen and oxygen atoms in total. The molecule has 1 amide bonds. The third-order valence-corrected chi connectivity index (χ3v) is 4.74. The molecule has 1 unspecified atom stereocenters. The van der Waals surface area contributed by atoms with Gasteiger partial charge >= 0.3 is 0 Å². The van der Waals surface area contributed by atoms with Crippen LogP contribution in [0.3, 0.4) is 0 Å². The van der Waals surface area contributed by atoms with Crippen LogP contribution in [0.4, 0.5) is 0 Å². The minimum Gasteiger partial charge on any atom is -0.370 e. The highest BCUT2D eigenvalue weighted by molar-refractivity contribution is 6.30. The molecule has 0 bridgehead atoms. The Kier molecular flexibility index (Phi) is 4.92. The zero-order valence-electron chi connectivity index (χ0n) is 14.3. The van der Waals surface area contributed by atoms with Crippen molar-refractivity contribution in [2.24, 2.45) is 0 Å². The van der Waals surface area contributed by atoms with Gasteiger partial charge in [0.15, 0.2) is 0 Å². The van der Waals surface area contributed by atoms with E-state index in [4.69, 9.17) is 16.3 Å². The Labute approximate surface area is 147 Å². The smallest absolute Gasteiger partial charge is 0.257 e. The number of carbonyl (C=O) groups is 1. The predicted molar refractivity (Wildman–Crippen MR) is 93.4 cm³/mol. The summed E-state index contributed by atoms with van der Waals surface area (Å²) in [5, 5.41) is 5.15. The van der Waals surface area contributed by atoms with Gasteiger partial charge in [-0.25, -0.2) is 0 Å². The van der Waals surface area contributed by atoms with Gasteiger partial charge in [0.2, 0.25) is 0 Å². The monoisotopic (exact) mass is 347 g/mol. The SMILES string of the molecule is CCn1nc(C)c(C(=O)N2CCOC(c3ccc(Cl)cc3)C2)c1C. The molecule has 1 atom stereocenters. The Morgan fingerprint density at radius 3 is 2.67 bits per heavy atom. The number of aromatic nitrogens is 2. The zero-order chi connectivity index (χ0) is 17.3. The van der Waals surface area contributed by atoms with Crippen molar-refractivity contribution in [2.75, 3.05) is 19.7 Å². The van der Waals surface area contributed by atoms with E-state index >= 15 is 0 Å². The molecule has 1 saturated heterocycles. The Bertz CT molecular complexity index is 739. The number of aryl methyl sites for hydroxylation is 2. The molecule has 0 aliphatic carbocycles. The summed E-state index contributed by atoms with van der Waals surface area (Å²) in [6.07, 6.45) is -0.123. The Morgan fingerprint density at radius 2 is 2.04 bits per heavy atom. The van der Waals surface area contributed by atoms with E-state index in [0.717, 1.165) is 23.5 Å². The number of morpholine rings is 1. The highest BCUT2D eigenvalue weighted by Crippen LogP contribution is 2.25. The van der Waals surface area contributed by atoms with E-state index < -0.39 is 0 Å². The first kappa shape index (κ1) is 17.0. The number of ether oxygens (including phenoxy) is 1. The van der Waals surface area contributed by atoms with Crippen molar-refractivity contribution in [3.63, 3.8) is 0 Å². The first-order chi connectivity index (χ1) is 11.5. The fourth-order valence-corrected chi connectivity index (χ4v) is 3.31. The number of halogens is 1. The lowest BCUT2D eigenvalue weighted by atomic mass is 10.1. The van der Waals surface area contributed by atoms with Crippen molar-refractivity contribution in [1.82, 2.24) is 14.7 Å². The zero-order valence-corrected chi connectivity index (χ0v) is 15.0. The van der Waals surface area contributed by atoms with Crippen LogP contribution in [0, 0.1) is 13.8 Å². The topological polar surface area (TPSA) is 47.4 Å². The Hall–Kier alpha value is -1.85. The molecular weight excluding hydrogens is 326 g/mol. The number of benzene rings is 1. The quantitative estimate of drug-likeness (QED) is 0.855. The van der Waals surface area contributed by atoms with E-state index in [2.05, 4.69) is 5.10 Å². The summed E-state index contributed by atoms with van der Waals surface area (Å²) in [6.45, 7) is 8.29. The van der Waals surface area contributed by atoms with E-state index in [9.17, 15) is 4.79 Å². The summed E-state index contributed by atoms with van der Waals surface area (Å²) in [7, 11) is 0. The maximum atomic E-state index is 13.0. The minimum absolute atomic E-state index is 0.0342. The predicted octanol–water partition coefficient (Wildman–Crippen LogP) is 3.39. The van der Waals surface area contributed by atoms with E-state index in [1.165, 1.54) is 0 Å². The normalized spacial score (nSPS) is 18.0. The molecular formula is C18H22ClN3O2. The average molecular weight is 348 g/mol. The van der Waals surface area contributed by atoms with Crippen LogP contribution >= 0.6 is 11.6 Å². The molecule has 2 heterocycles. The molecule has 24 heavy (non-hydrogen) atoms. The van der Waals surface area contributed by atoms with Gasteiger partial charge in [-0.3, -0.25) is 9.48 Å². The Balaban J connectivity index is 1.81. The summed E-state index contributed by atoms with van der Waals surface area (Å²) in [4.78, 5) is 14.9. The van der Waals surface area contributed by atoms with E-state index in [1.807, 2.05) is 54.6 Å². The fraction of sp³-hybridized carbons (Fsp3) is 0.444. The van der Waals surface area contributed by atoms with Crippen molar-refractivity contribution >= 4 is 17.5 Å². The molecule has 2 aromatic rings. The maximum absolute atomic E-state index is 13.0. The van der Waals surface area contributed by atoms with Crippen molar-refractivity contribution in [3.8, 4) is 0 Å². The van der Waals surface area contributed by atoms with Crippen LogP contribution in [0.25, 0.3) is 0 Å². The number of carbonyl (C=O) groups excluding carboxylic acids is 1. The number of hydrogen-bond acceptors (Lipinski definition) is 3. The van der Waals surface area contributed by atoms with Gasteiger partial charge in [-0.2, -0.15) is 5.10 Å². The second-order valence-corrected chi connectivity index (χ2v) is 6.46. The van der Waals surface area contributed by atoms with Gasteiger partial charge in [0.1, 0.15) is 6.10 Å².